The highest BCUT2D eigenvalue weighted by Crippen LogP contribution is 2.24. The lowest BCUT2D eigenvalue weighted by Crippen LogP contribution is -2.33. The fourth-order valence-electron chi connectivity index (χ4n) is 3.10. The smallest absolute Gasteiger partial charge is 0.232 e. The monoisotopic (exact) mass is 409 g/mol. The Kier molecular flexibility index (Phi) is 6.67. The second-order valence-electron chi connectivity index (χ2n) is 6.54. The zero-order valence-corrected chi connectivity index (χ0v) is 16.9. The van der Waals surface area contributed by atoms with Crippen LogP contribution in [-0.2, 0) is 14.6 Å². The van der Waals surface area contributed by atoms with Crippen LogP contribution in [0, 0.1) is 0 Å². The molecule has 29 heavy (non-hydrogen) atoms. The third-order valence-electron chi connectivity index (χ3n) is 4.62. The Hall–Kier alpha value is -3.12. The van der Waals surface area contributed by atoms with Crippen LogP contribution in [-0.4, -0.2) is 33.7 Å². The van der Waals surface area contributed by atoms with Crippen molar-refractivity contribution in [1.82, 2.24) is 5.32 Å². The lowest BCUT2D eigenvalue weighted by Gasteiger charge is -2.18. The zero-order valence-electron chi connectivity index (χ0n) is 16.1. The van der Waals surface area contributed by atoms with Crippen molar-refractivity contribution in [3.8, 4) is 5.75 Å². The summed E-state index contributed by atoms with van der Waals surface area (Å²) in [5.74, 6) is -0.319. The lowest BCUT2D eigenvalue weighted by atomic mass is 9.90. The highest BCUT2D eigenvalue weighted by molar-refractivity contribution is 7.91. The number of sulfone groups is 1. The molecule has 3 aromatic rings. The van der Waals surface area contributed by atoms with Crippen LogP contribution in [0.25, 0.3) is 0 Å². The van der Waals surface area contributed by atoms with Crippen LogP contribution in [0.2, 0.25) is 0 Å². The average Bonchev–Trinajstić information content (AvgIpc) is 2.75. The highest BCUT2D eigenvalue weighted by atomic mass is 32.2. The summed E-state index contributed by atoms with van der Waals surface area (Å²) in [5.41, 5.74) is 1.71. The van der Waals surface area contributed by atoms with Gasteiger partial charge in [0.15, 0.2) is 9.84 Å². The number of hydrogen-bond donors (Lipinski definition) is 1. The quantitative estimate of drug-likeness (QED) is 0.619. The third-order valence-corrected chi connectivity index (χ3v) is 6.35. The summed E-state index contributed by atoms with van der Waals surface area (Å²) in [4.78, 5) is 13.1. The molecule has 3 rings (SSSR count). The minimum atomic E-state index is -3.51. The number of methoxy groups -OCH3 is 1. The first-order chi connectivity index (χ1) is 14.0. The van der Waals surface area contributed by atoms with Gasteiger partial charge in [-0.05, 0) is 35.4 Å². The SMILES string of the molecule is COc1ccc(S(=O)(=O)CCNC(=O)C(c2ccccc2)c2ccccc2)cc1. The molecule has 0 bridgehead atoms. The third kappa shape index (κ3) is 5.23. The van der Waals surface area contributed by atoms with Gasteiger partial charge in [0.2, 0.25) is 5.91 Å². The van der Waals surface area contributed by atoms with Crippen molar-refractivity contribution in [2.45, 2.75) is 10.8 Å². The summed E-state index contributed by atoms with van der Waals surface area (Å²) >= 11 is 0. The molecule has 6 heteroatoms. The van der Waals surface area contributed by atoms with Gasteiger partial charge in [-0.15, -0.1) is 0 Å². The van der Waals surface area contributed by atoms with Crippen LogP contribution < -0.4 is 10.1 Å². The Bertz CT molecular complexity index is 994. The zero-order chi connectivity index (χ0) is 20.7. The number of ether oxygens (including phenoxy) is 1. The highest BCUT2D eigenvalue weighted by Gasteiger charge is 2.23. The number of carbonyl (C=O) groups is 1. The number of hydrogen-bond acceptors (Lipinski definition) is 4. The van der Waals surface area contributed by atoms with Crippen molar-refractivity contribution in [2.24, 2.45) is 0 Å². The molecule has 0 fully saturated rings. The molecule has 0 unspecified atom stereocenters. The van der Waals surface area contributed by atoms with Gasteiger partial charge >= 0.3 is 0 Å². The summed E-state index contributed by atoms with van der Waals surface area (Å²) in [5, 5.41) is 2.79. The van der Waals surface area contributed by atoms with E-state index in [1.807, 2.05) is 60.7 Å². The summed E-state index contributed by atoms with van der Waals surface area (Å²) in [7, 11) is -1.98. The van der Waals surface area contributed by atoms with Crippen molar-refractivity contribution in [3.05, 3.63) is 96.1 Å². The van der Waals surface area contributed by atoms with Gasteiger partial charge in [0.1, 0.15) is 5.75 Å². The molecule has 3 aromatic carbocycles. The predicted octanol–water partition coefficient (Wildman–Crippen LogP) is 3.42. The average molecular weight is 410 g/mol. The van der Waals surface area contributed by atoms with Gasteiger partial charge in [-0.1, -0.05) is 60.7 Å². The van der Waals surface area contributed by atoms with E-state index in [2.05, 4.69) is 5.32 Å². The van der Waals surface area contributed by atoms with Gasteiger partial charge in [-0.3, -0.25) is 4.79 Å². The molecule has 0 atom stereocenters. The summed E-state index contributed by atoms with van der Waals surface area (Å²) in [6.07, 6.45) is 0. The molecule has 1 N–H and O–H groups in total. The van der Waals surface area contributed by atoms with Gasteiger partial charge in [0.05, 0.1) is 23.7 Å². The van der Waals surface area contributed by atoms with Gasteiger partial charge in [0, 0.05) is 6.54 Å². The van der Waals surface area contributed by atoms with Crippen molar-refractivity contribution in [1.29, 1.82) is 0 Å². The van der Waals surface area contributed by atoms with E-state index in [0.717, 1.165) is 11.1 Å². The van der Waals surface area contributed by atoms with E-state index in [1.165, 1.54) is 19.2 Å². The van der Waals surface area contributed by atoms with E-state index >= 15 is 0 Å². The maximum absolute atomic E-state index is 12.9. The van der Waals surface area contributed by atoms with Gasteiger partial charge in [-0.2, -0.15) is 0 Å². The molecule has 150 valence electrons. The molecule has 0 radical (unpaired) electrons. The van der Waals surface area contributed by atoms with Gasteiger partial charge < -0.3 is 10.1 Å². The van der Waals surface area contributed by atoms with E-state index in [9.17, 15) is 13.2 Å². The topological polar surface area (TPSA) is 72.5 Å². The fourth-order valence-corrected chi connectivity index (χ4v) is 4.25. The molecule has 0 heterocycles. The summed E-state index contributed by atoms with van der Waals surface area (Å²) in [6, 6.07) is 25.1. The maximum atomic E-state index is 12.9. The first kappa shape index (κ1) is 20.6. The van der Waals surface area contributed by atoms with E-state index < -0.39 is 15.8 Å². The van der Waals surface area contributed by atoms with Crippen molar-refractivity contribution < 1.29 is 17.9 Å². The van der Waals surface area contributed by atoms with Crippen LogP contribution in [0.15, 0.2) is 89.8 Å². The molecule has 0 saturated carbocycles. The number of benzene rings is 3. The number of amides is 1. The minimum Gasteiger partial charge on any atom is -0.497 e. The van der Waals surface area contributed by atoms with Crippen LogP contribution in [0.4, 0.5) is 0 Å². The largest absolute Gasteiger partial charge is 0.497 e. The number of carbonyl (C=O) groups excluding carboxylic acids is 1. The van der Waals surface area contributed by atoms with E-state index in [1.54, 1.807) is 12.1 Å². The first-order valence-corrected chi connectivity index (χ1v) is 10.9. The first-order valence-electron chi connectivity index (χ1n) is 9.25. The normalized spacial score (nSPS) is 11.2. The second kappa shape index (κ2) is 9.39. The predicted molar refractivity (Wildman–Crippen MR) is 113 cm³/mol. The van der Waals surface area contributed by atoms with Crippen LogP contribution >= 0.6 is 0 Å². The number of nitrogens with one attached hydrogen (secondary N) is 1. The maximum Gasteiger partial charge on any atom is 0.232 e. The van der Waals surface area contributed by atoms with Gasteiger partial charge in [-0.25, -0.2) is 8.42 Å². The molecular weight excluding hydrogens is 386 g/mol. The Morgan fingerprint density at radius 3 is 1.86 bits per heavy atom. The minimum absolute atomic E-state index is 0.0311. The number of rotatable bonds is 8. The van der Waals surface area contributed by atoms with E-state index in [-0.39, 0.29) is 23.1 Å². The van der Waals surface area contributed by atoms with Crippen molar-refractivity contribution in [3.63, 3.8) is 0 Å². The standard InChI is InChI=1S/C23H23NO4S/c1-28-20-12-14-21(15-13-20)29(26,27)17-16-24-23(25)22(18-8-4-2-5-9-18)19-10-6-3-7-11-19/h2-15,22H,16-17H2,1H3,(H,24,25). The van der Waals surface area contributed by atoms with Crippen LogP contribution in [0.3, 0.4) is 0 Å². The van der Waals surface area contributed by atoms with Crippen LogP contribution in [0.5, 0.6) is 5.75 Å². The summed E-state index contributed by atoms with van der Waals surface area (Å²) < 4.78 is 30.1. The molecule has 1 amide bonds. The van der Waals surface area contributed by atoms with Crippen molar-refractivity contribution >= 4 is 15.7 Å². The van der Waals surface area contributed by atoms with E-state index in [0.29, 0.717) is 5.75 Å². The molecule has 0 aliphatic heterocycles. The molecule has 0 aromatic heterocycles. The Morgan fingerprint density at radius 1 is 0.862 bits per heavy atom. The Balaban J connectivity index is 1.70. The van der Waals surface area contributed by atoms with Crippen molar-refractivity contribution in [2.75, 3.05) is 19.4 Å². The van der Waals surface area contributed by atoms with Crippen LogP contribution in [0.1, 0.15) is 17.0 Å². The lowest BCUT2D eigenvalue weighted by molar-refractivity contribution is -0.121. The summed E-state index contributed by atoms with van der Waals surface area (Å²) in [6.45, 7) is 0.0311. The Labute approximate surface area is 171 Å². The van der Waals surface area contributed by atoms with E-state index in [4.69, 9.17) is 4.74 Å². The molecule has 0 spiro atoms. The molecule has 0 aliphatic rings. The Morgan fingerprint density at radius 2 is 1.38 bits per heavy atom. The molecule has 0 aliphatic carbocycles. The molecule has 5 nitrogen and oxygen atoms in total. The molecular formula is C23H23NO4S. The van der Waals surface area contributed by atoms with Gasteiger partial charge in [0.25, 0.3) is 0 Å². The molecule has 0 saturated heterocycles. The second-order valence-corrected chi connectivity index (χ2v) is 8.65. The fraction of sp³-hybridized carbons (Fsp3) is 0.174.